The number of nitrogens with zero attached hydrogens (tertiary/aromatic N) is 3. The highest BCUT2D eigenvalue weighted by Gasteiger charge is 2.24. The fourth-order valence-electron chi connectivity index (χ4n) is 3.03. The lowest BCUT2D eigenvalue weighted by molar-refractivity contribution is -0.154. The van der Waals surface area contributed by atoms with Gasteiger partial charge in [-0.2, -0.15) is 0 Å². The second kappa shape index (κ2) is 6.07. The predicted octanol–water partition coefficient (Wildman–Crippen LogP) is 3.49. The number of rotatable bonds is 3. The molecule has 0 amide bonds. The van der Waals surface area contributed by atoms with Crippen LogP contribution in [-0.2, 0) is 9.53 Å². The number of carbonyl (C=O) groups is 1. The normalized spacial score (nSPS) is 17.6. The van der Waals surface area contributed by atoms with Crippen molar-refractivity contribution in [1.29, 1.82) is 0 Å². The number of ether oxygens (including phenoxy) is 1. The van der Waals surface area contributed by atoms with E-state index in [1.165, 1.54) is 17.5 Å². The van der Waals surface area contributed by atoms with Crippen LogP contribution in [0.5, 0.6) is 0 Å². The van der Waals surface area contributed by atoms with Crippen LogP contribution in [0.15, 0.2) is 12.1 Å². The maximum absolute atomic E-state index is 12.4. The van der Waals surface area contributed by atoms with E-state index in [1.807, 2.05) is 19.1 Å². The van der Waals surface area contributed by atoms with Crippen molar-refractivity contribution in [1.82, 2.24) is 15.0 Å². The summed E-state index contributed by atoms with van der Waals surface area (Å²) < 4.78 is 7.33. The number of esters is 1. The number of hydrogen-bond donors (Lipinski definition) is 0. The van der Waals surface area contributed by atoms with E-state index in [0.717, 1.165) is 36.7 Å². The molecule has 1 unspecified atom stereocenters. The molecule has 5 heteroatoms. The van der Waals surface area contributed by atoms with E-state index in [4.69, 9.17) is 4.74 Å². The third-order valence-corrected chi connectivity index (χ3v) is 4.63. The number of hydrogen-bond acceptors (Lipinski definition) is 4. The lowest BCUT2D eigenvalue weighted by Gasteiger charge is -2.23. The third kappa shape index (κ3) is 2.85. The van der Waals surface area contributed by atoms with Crippen LogP contribution in [0.4, 0.5) is 0 Å². The maximum Gasteiger partial charge on any atom is 0.331 e. The molecule has 0 saturated heterocycles. The SMILES string of the molecule is Cc1cc2nnn(C(C)C(=O)OC3CCCCC3)c2cc1C. The summed E-state index contributed by atoms with van der Waals surface area (Å²) in [5.74, 6) is -0.211. The van der Waals surface area contributed by atoms with Gasteiger partial charge in [-0.05, 0) is 69.7 Å². The van der Waals surface area contributed by atoms with Gasteiger partial charge in [-0.3, -0.25) is 0 Å². The van der Waals surface area contributed by atoms with Crippen molar-refractivity contribution in [3.63, 3.8) is 0 Å². The number of fused-ring (bicyclic) bond motifs is 1. The molecule has 0 radical (unpaired) electrons. The smallest absolute Gasteiger partial charge is 0.331 e. The van der Waals surface area contributed by atoms with Gasteiger partial charge in [0.15, 0.2) is 0 Å². The van der Waals surface area contributed by atoms with E-state index in [1.54, 1.807) is 4.68 Å². The Morgan fingerprint density at radius 3 is 2.64 bits per heavy atom. The van der Waals surface area contributed by atoms with E-state index >= 15 is 0 Å². The Bertz CT molecular complexity index is 687. The minimum absolute atomic E-state index is 0.0717. The second-order valence-electron chi connectivity index (χ2n) is 6.33. The standard InChI is InChI=1S/C17H23N3O2/c1-11-9-15-16(10-12(11)2)20(19-18-15)13(3)17(21)22-14-7-5-4-6-8-14/h9-10,13-14H,4-8H2,1-3H3. The van der Waals surface area contributed by atoms with E-state index in [2.05, 4.69) is 24.2 Å². The van der Waals surface area contributed by atoms with Crippen LogP contribution >= 0.6 is 0 Å². The molecule has 22 heavy (non-hydrogen) atoms. The van der Waals surface area contributed by atoms with Gasteiger partial charge in [0.2, 0.25) is 0 Å². The molecule has 1 saturated carbocycles. The number of benzene rings is 1. The lowest BCUT2D eigenvalue weighted by atomic mass is 9.98. The third-order valence-electron chi connectivity index (χ3n) is 4.63. The molecule has 1 aliphatic rings. The Morgan fingerprint density at radius 1 is 1.23 bits per heavy atom. The summed E-state index contributed by atoms with van der Waals surface area (Å²) in [6.45, 7) is 5.93. The highest BCUT2D eigenvalue weighted by molar-refractivity contribution is 5.80. The quantitative estimate of drug-likeness (QED) is 0.814. The Balaban J connectivity index is 1.80. The Kier molecular flexibility index (Phi) is 4.14. The molecule has 3 rings (SSSR count). The summed E-state index contributed by atoms with van der Waals surface area (Å²) in [5.41, 5.74) is 4.05. The first-order valence-corrected chi connectivity index (χ1v) is 8.09. The molecule has 1 aliphatic carbocycles. The van der Waals surface area contributed by atoms with Gasteiger partial charge in [-0.25, -0.2) is 9.48 Å². The average Bonchev–Trinajstić information content (AvgIpc) is 2.90. The average molecular weight is 301 g/mol. The monoisotopic (exact) mass is 301 g/mol. The molecule has 1 aromatic carbocycles. The Hall–Kier alpha value is -1.91. The molecule has 0 N–H and O–H groups in total. The summed E-state index contributed by atoms with van der Waals surface area (Å²) in [5, 5.41) is 8.33. The van der Waals surface area contributed by atoms with E-state index in [0.29, 0.717) is 0 Å². The van der Waals surface area contributed by atoms with Crippen LogP contribution in [0.2, 0.25) is 0 Å². The topological polar surface area (TPSA) is 57.0 Å². The van der Waals surface area contributed by atoms with Crippen molar-refractivity contribution in [2.24, 2.45) is 0 Å². The Morgan fingerprint density at radius 2 is 1.91 bits per heavy atom. The summed E-state index contributed by atoms with van der Waals surface area (Å²) in [6, 6.07) is 3.59. The van der Waals surface area contributed by atoms with Crippen molar-refractivity contribution in [3.8, 4) is 0 Å². The van der Waals surface area contributed by atoms with Crippen LogP contribution < -0.4 is 0 Å². The van der Waals surface area contributed by atoms with Crippen LogP contribution in [0.25, 0.3) is 11.0 Å². The van der Waals surface area contributed by atoms with Gasteiger partial charge >= 0.3 is 5.97 Å². The fourth-order valence-corrected chi connectivity index (χ4v) is 3.03. The first-order chi connectivity index (χ1) is 10.6. The van der Waals surface area contributed by atoms with Gasteiger partial charge in [0.1, 0.15) is 17.7 Å². The van der Waals surface area contributed by atoms with Gasteiger partial charge in [0.25, 0.3) is 0 Å². The number of carbonyl (C=O) groups excluding carboxylic acids is 1. The van der Waals surface area contributed by atoms with Crippen molar-refractivity contribution in [2.45, 2.75) is 65.0 Å². The van der Waals surface area contributed by atoms with Crippen molar-refractivity contribution in [3.05, 3.63) is 23.3 Å². The molecule has 2 aromatic rings. The first-order valence-electron chi connectivity index (χ1n) is 8.09. The molecular formula is C17H23N3O2. The van der Waals surface area contributed by atoms with E-state index in [-0.39, 0.29) is 12.1 Å². The second-order valence-corrected chi connectivity index (χ2v) is 6.33. The van der Waals surface area contributed by atoms with Gasteiger partial charge in [0.05, 0.1) is 5.52 Å². The minimum Gasteiger partial charge on any atom is -0.461 e. The van der Waals surface area contributed by atoms with Gasteiger partial charge in [-0.1, -0.05) is 11.6 Å². The summed E-state index contributed by atoms with van der Waals surface area (Å²) in [6.07, 6.45) is 5.58. The molecule has 0 bridgehead atoms. The molecule has 1 aromatic heterocycles. The maximum atomic E-state index is 12.4. The summed E-state index contributed by atoms with van der Waals surface area (Å²) >= 11 is 0. The minimum atomic E-state index is -0.450. The zero-order valence-electron chi connectivity index (χ0n) is 13.5. The van der Waals surface area contributed by atoms with Crippen LogP contribution in [0, 0.1) is 13.8 Å². The van der Waals surface area contributed by atoms with Gasteiger partial charge in [0, 0.05) is 0 Å². The van der Waals surface area contributed by atoms with Crippen LogP contribution in [-0.4, -0.2) is 27.1 Å². The van der Waals surface area contributed by atoms with Gasteiger partial charge < -0.3 is 4.74 Å². The molecule has 1 fully saturated rings. The largest absolute Gasteiger partial charge is 0.461 e. The summed E-state index contributed by atoms with van der Waals surface area (Å²) in [7, 11) is 0. The molecular weight excluding hydrogens is 278 g/mol. The highest BCUT2D eigenvalue weighted by atomic mass is 16.5. The number of aromatic nitrogens is 3. The van der Waals surface area contributed by atoms with Gasteiger partial charge in [-0.15, -0.1) is 5.10 Å². The van der Waals surface area contributed by atoms with Crippen molar-refractivity contribution in [2.75, 3.05) is 0 Å². The molecule has 1 atom stereocenters. The Labute approximate surface area is 130 Å². The van der Waals surface area contributed by atoms with E-state index in [9.17, 15) is 4.79 Å². The van der Waals surface area contributed by atoms with Crippen LogP contribution in [0.1, 0.15) is 56.2 Å². The summed E-state index contributed by atoms with van der Waals surface area (Å²) in [4.78, 5) is 12.4. The van der Waals surface area contributed by atoms with Crippen LogP contribution in [0.3, 0.4) is 0 Å². The zero-order valence-corrected chi connectivity index (χ0v) is 13.5. The van der Waals surface area contributed by atoms with Crippen molar-refractivity contribution >= 4 is 17.0 Å². The fraction of sp³-hybridized carbons (Fsp3) is 0.588. The van der Waals surface area contributed by atoms with Crippen molar-refractivity contribution < 1.29 is 9.53 Å². The lowest BCUT2D eigenvalue weighted by Crippen LogP contribution is -2.27. The molecule has 118 valence electrons. The first kappa shape index (κ1) is 15.0. The zero-order chi connectivity index (χ0) is 15.7. The highest BCUT2D eigenvalue weighted by Crippen LogP contribution is 2.24. The molecule has 1 heterocycles. The van der Waals surface area contributed by atoms with E-state index < -0.39 is 6.04 Å². The number of aryl methyl sites for hydroxylation is 2. The molecule has 0 aliphatic heterocycles. The predicted molar refractivity (Wildman–Crippen MR) is 84.7 cm³/mol. The molecule has 5 nitrogen and oxygen atoms in total. The molecule has 0 spiro atoms.